The largest absolute Gasteiger partial charge is 0.469 e. The number of rotatable bonds is 2. The second kappa shape index (κ2) is 4.51. The Morgan fingerprint density at radius 2 is 2.19 bits per heavy atom. The Hall–Kier alpha value is -1.59. The molecular formula is C10H15N3O3. The minimum absolute atomic E-state index is 0.0103. The molecule has 1 saturated carbocycles. The number of ether oxygens (including phenoxy) is 1. The normalized spacial score (nSPS) is 25.3. The van der Waals surface area contributed by atoms with Crippen molar-refractivity contribution < 1.29 is 9.53 Å². The summed E-state index contributed by atoms with van der Waals surface area (Å²) in [5.74, 6) is -0.151. The zero-order chi connectivity index (χ0) is 11.5. The van der Waals surface area contributed by atoms with Crippen molar-refractivity contribution in [2.24, 2.45) is 5.92 Å². The Morgan fingerprint density at radius 1 is 1.50 bits per heavy atom. The summed E-state index contributed by atoms with van der Waals surface area (Å²) >= 11 is 0. The van der Waals surface area contributed by atoms with E-state index in [4.69, 9.17) is 4.74 Å². The molecule has 1 aliphatic rings. The second-order valence-corrected chi connectivity index (χ2v) is 4.10. The van der Waals surface area contributed by atoms with Gasteiger partial charge in [-0.05, 0) is 25.7 Å². The average Bonchev–Trinajstić information content (AvgIpc) is 2.75. The SMILES string of the molecule is COC(=O)C1CCC(n2cn[nH]c2=O)CC1. The van der Waals surface area contributed by atoms with Crippen LogP contribution in [0.1, 0.15) is 31.7 Å². The van der Waals surface area contributed by atoms with Crippen LogP contribution in [-0.2, 0) is 9.53 Å². The number of nitrogens with zero attached hydrogens (tertiary/aromatic N) is 2. The third kappa shape index (κ3) is 2.00. The van der Waals surface area contributed by atoms with Gasteiger partial charge in [0.1, 0.15) is 6.33 Å². The second-order valence-electron chi connectivity index (χ2n) is 4.10. The minimum atomic E-state index is -0.179. The lowest BCUT2D eigenvalue weighted by molar-refractivity contribution is -0.146. The quantitative estimate of drug-likeness (QED) is 0.742. The standard InChI is InChI=1S/C10H15N3O3/c1-16-9(14)7-2-4-8(5-3-7)13-6-11-12-10(13)15/h6-8H,2-5H2,1H3,(H,12,15). The van der Waals surface area contributed by atoms with Crippen LogP contribution in [0.3, 0.4) is 0 Å². The van der Waals surface area contributed by atoms with Gasteiger partial charge in [-0.2, -0.15) is 5.10 Å². The van der Waals surface area contributed by atoms with Crippen LogP contribution in [-0.4, -0.2) is 27.8 Å². The third-order valence-electron chi connectivity index (χ3n) is 3.20. The fourth-order valence-electron chi connectivity index (χ4n) is 2.27. The molecule has 0 spiro atoms. The van der Waals surface area contributed by atoms with E-state index in [1.807, 2.05) is 0 Å². The zero-order valence-electron chi connectivity index (χ0n) is 9.18. The average molecular weight is 225 g/mol. The van der Waals surface area contributed by atoms with Crippen LogP contribution < -0.4 is 5.69 Å². The maximum atomic E-state index is 11.3. The number of H-pyrrole nitrogens is 1. The highest BCUT2D eigenvalue weighted by atomic mass is 16.5. The Balaban J connectivity index is 1.98. The molecule has 0 bridgehead atoms. The molecule has 1 aromatic heterocycles. The first-order chi connectivity index (χ1) is 7.72. The van der Waals surface area contributed by atoms with Crippen molar-refractivity contribution in [2.75, 3.05) is 7.11 Å². The van der Waals surface area contributed by atoms with E-state index in [-0.39, 0.29) is 23.6 Å². The fraction of sp³-hybridized carbons (Fsp3) is 0.700. The number of esters is 1. The monoisotopic (exact) mass is 225 g/mol. The molecule has 1 aromatic rings. The molecule has 0 aliphatic heterocycles. The van der Waals surface area contributed by atoms with Gasteiger partial charge in [-0.3, -0.25) is 9.36 Å². The lowest BCUT2D eigenvalue weighted by Crippen LogP contribution is -2.28. The summed E-state index contributed by atoms with van der Waals surface area (Å²) in [4.78, 5) is 22.7. The summed E-state index contributed by atoms with van der Waals surface area (Å²) in [6.07, 6.45) is 4.70. The van der Waals surface area contributed by atoms with Crippen LogP contribution in [0.5, 0.6) is 0 Å². The molecule has 0 radical (unpaired) electrons. The number of aromatic nitrogens is 3. The van der Waals surface area contributed by atoms with Crippen LogP contribution in [0.25, 0.3) is 0 Å². The van der Waals surface area contributed by atoms with Gasteiger partial charge in [0.2, 0.25) is 0 Å². The van der Waals surface area contributed by atoms with Crippen molar-refractivity contribution in [3.8, 4) is 0 Å². The van der Waals surface area contributed by atoms with E-state index in [0.717, 1.165) is 25.7 Å². The van der Waals surface area contributed by atoms with Gasteiger partial charge in [0.05, 0.1) is 13.0 Å². The van der Waals surface area contributed by atoms with Gasteiger partial charge in [0.25, 0.3) is 0 Å². The maximum Gasteiger partial charge on any atom is 0.343 e. The predicted molar refractivity (Wildman–Crippen MR) is 55.9 cm³/mol. The number of aromatic amines is 1. The summed E-state index contributed by atoms with van der Waals surface area (Å²) in [7, 11) is 1.41. The van der Waals surface area contributed by atoms with E-state index >= 15 is 0 Å². The van der Waals surface area contributed by atoms with E-state index in [1.165, 1.54) is 13.4 Å². The molecule has 1 fully saturated rings. The molecule has 1 N–H and O–H groups in total. The minimum Gasteiger partial charge on any atom is -0.469 e. The number of hydrogen-bond acceptors (Lipinski definition) is 4. The molecule has 6 nitrogen and oxygen atoms in total. The summed E-state index contributed by atoms with van der Waals surface area (Å²) < 4.78 is 6.32. The summed E-state index contributed by atoms with van der Waals surface area (Å²) in [5.41, 5.74) is -0.179. The Labute approximate surface area is 92.6 Å². The first-order valence-corrected chi connectivity index (χ1v) is 5.41. The van der Waals surface area contributed by atoms with Crippen LogP contribution in [0, 0.1) is 5.92 Å². The zero-order valence-corrected chi connectivity index (χ0v) is 9.18. The Morgan fingerprint density at radius 3 is 2.69 bits per heavy atom. The first kappa shape index (κ1) is 10.9. The van der Waals surface area contributed by atoms with E-state index in [9.17, 15) is 9.59 Å². The highest BCUT2D eigenvalue weighted by molar-refractivity contribution is 5.72. The topological polar surface area (TPSA) is 77.0 Å². The van der Waals surface area contributed by atoms with E-state index in [2.05, 4.69) is 10.2 Å². The first-order valence-electron chi connectivity index (χ1n) is 5.41. The lowest BCUT2D eigenvalue weighted by Gasteiger charge is -2.26. The maximum absolute atomic E-state index is 11.3. The number of hydrogen-bond donors (Lipinski definition) is 1. The lowest BCUT2D eigenvalue weighted by atomic mass is 9.86. The molecule has 0 amide bonds. The molecule has 2 rings (SSSR count). The van der Waals surface area contributed by atoms with Crippen molar-refractivity contribution in [1.82, 2.24) is 14.8 Å². The number of carbonyl (C=O) groups excluding carboxylic acids is 1. The molecule has 1 heterocycles. The van der Waals surface area contributed by atoms with Gasteiger partial charge in [-0.15, -0.1) is 0 Å². The van der Waals surface area contributed by atoms with Crippen LogP contribution >= 0.6 is 0 Å². The van der Waals surface area contributed by atoms with Crippen LogP contribution in [0.15, 0.2) is 11.1 Å². The van der Waals surface area contributed by atoms with Crippen molar-refractivity contribution in [3.05, 3.63) is 16.8 Å². The molecule has 16 heavy (non-hydrogen) atoms. The molecule has 0 atom stereocenters. The van der Waals surface area contributed by atoms with E-state index in [1.54, 1.807) is 4.57 Å². The van der Waals surface area contributed by atoms with Crippen LogP contribution in [0.2, 0.25) is 0 Å². The molecule has 0 saturated heterocycles. The molecule has 1 aliphatic carbocycles. The Kier molecular flexibility index (Phi) is 3.07. The van der Waals surface area contributed by atoms with Crippen molar-refractivity contribution >= 4 is 5.97 Å². The molecular weight excluding hydrogens is 210 g/mol. The summed E-state index contributed by atoms with van der Waals surface area (Å²) in [6.45, 7) is 0. The van der Waals surface area contributed by atoms with Gasteiger partial charge in [-0.1, -0.05) is 0 Å². The molecule has 6 heteroatoms. The molecule has 88 valence electrons. The molecule has 0 aromatic carbocycles. The number of nitrogens with one attached hydrogen (secondary N) is 1. The van der Waals surface area contributed by atoms with Gasteiger partial charge in [0, 0.05) is 6.04 Å². The smallest absolute Gasteiger partial charge is 0.343 e. The van der Waals surface area contributed by atoms with Crippen molar-refractivity contribution in [1.29, 1.82) is 0 Å². The number of methoxy groups -OCH3 is 1. The third-order valence-corrected chi connectivity index (χ3v) is 3.20. The fourth-order valence-corrected chi connectivity index (χ4v) is 2.27. The molecule has 0 unspecified atom stereocenters. The Bertz CT molecular complexity index is 415. The highest BCUT2D eigenvalue weighted by Gasteiger charge is 2.28. The van der Waals surface area contributed by atoms with Crippen molar-refractivity contribution in [2.45, 2.75) is 31.7 Å². The predicted octanol–water partition coefficient (Wildman–Crippen LogP) is 0.476. The van der Waals surface area contributed by atoms with Gasteiger partial charge >= 0.3 is 11.7 Å². The summed E-state index contributed by atoms with van der Waals surface area (Å²) in [5, 5.41) is 6.08. The van der Waals surface area contributed by atoms with E-state index < -0.39 is 0 Å². The van der Waals surface area contributed by atoms with Gasteiger partial charge < -0.3 is 4.74 Å². The summed E-state index contributed by atoms with van der Waals surface area (Å²) in [6, 6.07) is 0.159. The van der Waals surface area contributed by atoms with Crippen molar-refractivity contribution in [3.63, 3.8) is 0 Å². The number of carbonyl (C=O) groups is 1. The highest BCUT2D eigenvalue weighted by Crippen LogP contribution is 2.31. The van der Waals surface area contributed by atoms with Gasteiger partial charge in [0.15, 0.2) is 0 Å². The van der Waals surface area contributed by atoms with Crippen LogP contribution in [0.4, 0.5) is 0 Å². The van der Waals surface area contributed by atoms with Gasteiger partial charge in [-0.25, -0.2) is 9.89 Å². The van der Waals surface area contributed by atoms with E-state index in [0.29, 0.717) is 0 Å².